The van der Waals surface area contributed by atoms with Crippen LogP contribution < -0.4 is 16.4 Å². The fraction of sp³-hybridized carbons (Fsp3) is 0.571. The first-order valence-electron chi connectivity index (χ1n) is 10.3. The van der Waals surface area contributed by atoms with Gasteiger partial charge >= 0.3 is 0 Å². The average Bonchev–Trinajstić information content (AvgIpc) is 3.35. The molecule has 0 aliphatic carbocycles. The highest BCUT2D eigenvalue weighted by Crippen LogP contribution is 2.34. The van der Waals surface area contributed by atoms with E-state index < -0.39 is 17.9 Å². The number of carbonyl (C=O) groups excluding carboxylic acids is 3. The van der Waals surface area contributed by atoms with Gasteiger partial charge < -0.3 is 16.4 Å². The van der Waals surface area contributed by atoms with Crippen molar-refractivity contribution in [2.24, 2.45) is 17.1 Å². The monoisotopic (exact) mass is 444 g/mol. The fourth-order valence-electron chi connectivity index (χ4n) is 4.01. The van der Waals surface area contributed by atoms with E-state index >= 15 is 0 Å². The predicted molar refractivity (Wildman–Crippen MR) is 116 cm³/mol. The Morgan fingerprint density at radius 2 is 2.19 bits per heavy atom. The molecule has 10 heteroatoms. The van der Waals surface area contributed by atoms with Gasteiger partial charge in [0.25, 0.3) is 5.91 Å². The highest BCUT2D eigenvalue weighted by molar-refractivity contribution is 7.19. The first kappa shape index (κ1) is 22.7. The summed E-state index contributed by atoms with van der Waals surface area (Å²) in [7, 11) is 0. The van der Waals surface area contributed by atoms with E-state index in [0.717, 1.165) is 0 Å². The number of hydrogen-bond donors (Lipinski definition) is 3. The number of fused-ring (bicyclic) bond motifs is 1. The first-order chi connectivity index (χ1) is 14.5. The molecule has 0 saturated carbocycles. The molecule has 2 aromatic heterocycles. The number of nitrogens with zero attached hydrogens (tertiary/aromatic N) is 3. The summed E-state index contributed by atoms with van der Waals surface area (Å²) in [6.45, 7) is 8.47. The lowest BCUT2D eigenvalue weighted by Gasteiger charge is -2.26. The molecule has 1 aliphatic heterocycles. The molecule has 166 valence electrons. The predicted octanol–water partition coefficient (Wildman–Crippen LogP) is 1.86. The van der Waals surface area contributed by atoms with E-state index in [0.29, 0.717) is 40.6 Å². The van der Waals surface area contributed by atoms with Crippen molar-refractivity contribution in [3.05, 3.63) is 22.5 Å². The van der Waals surface area contributed by atoms with Crippen molar-refractivity contribution in [1.29, 1.82) is 5.26 Å². The van der Waals surface area contributed by atoms with E-state index in [2.05, 4.69) is 21.7 Å². The number of primary amides is 1. The third kappa shape index (κ3) is 4.88. The number of carbonyl (C=O) groups is 3. The van der Waals surface area contributed by atoms with Gasteiger partial charge in [0, 0.05) is 18.2 Å². The zero-order chi connectivity index (χ0) is 22.9. The Labute approximate surface area is 185 Å². The average molecular weight is 445 g/mol. The van der Waals surface area contributed by atoms with Crippen LogP contribution in [0.2, 0.25) is 0 Å². The van der Waals surface area contributed by atoms with Crippen LogP contribution in [0.25, 0.3) is 4.96 Å². The van der Waals surface area contributed by atoms with Gasteiger partial charge in [0.2, 0.25) is 11.8 Å². The molecule has 3 rings (SSSR count). The SMILES string of the molecule is Cc1c(C(N)=O)sc2ncc([C@H](CC(C)(C)C)C(=O)N[C@H](C#N)C[C@@H]3CCNC3=O)n12. The molecule has 1 aliphatic rings. The second kappa shape index (κ2) is 8.67. The van der Waals surface area contributed by atoms with Crippen LogP contribution in [0.15, 0.2) is 6.20 Å². The summed E-state index contributed by atoms with van der Waals surface area (Å²) in [5.41, 5.74) is 6.59. The molecule has 3 heterocycles. The molecule has 0 aromatic carbocycles. The Balaban J connectivity index is 1.91. The molecular formula is C21H28N6O3S. The van der Waals surface area contributed by atoms with Gasteiger partial charge in [0.15, 0.2) is 4.96 Å². The number of rotatable bonds is 7. The number of aromatic nitrogens is 2. The molecule has 1 fully saturated rings. The molecule has 0 bridgehead atoms. The molecule has 0 radical (unpaired) electrons. The van der Waals surface area contributed by atoms with Crippen molar-refractivity contribution in [2.45, 2.75) is 58.9 Å². The molecule has 1 saturated heterocycles. The highest BCUT2D eigenvalue weighted by atomic mass is 32.1. The Kier molecular flexibility index (Phi) is 6.36. The van der Waals surface area contributed by atoms with Crippen molar-refractivity contribution in [2.75, 3.05) is 6.54 Å². The van der Waals surface area contributed by atoms with Crippen molar-refractivity contribution in [1.82, 2.24) is 20.0 Å². The number of nitriles is 1. The maximum Gasteiger partial charge on any atom is 0.260 e. The Morgan fingerprint density at radius 3 is 2.74 bits per heavy atom. The zero-order valence-electron chi connectivity index (χ0n) is 18.2. The van der Waals surface area contributed by atoms with E-state index in [-0.39, 0.29) is 29.6 Å². The van der Waals surface area contributed by atoms with Crippen LogP contribution in [0.3, 0.4) is 0 Å². The van der Waals surface area contributed by atoms with Gasteiger partial charge in [-0.2, -0.15) is 5.26 Å². The molecule has 3 amide bonds. The summed E-state index contributed by atoms with van der Waals surface area (Å²) in [6, 6.07) is 1.35. The van der Waals surface area contributed by atoms with E-state index in [1.807, 2.05) is 20.8 Å². The first-order valence-corrected chi connectivity index (χ1v) is 11.1. The second-order valence-electron chi connectivity index (χ2n) is 9.20. The number of aryl methyl sites for hydroxylation is 1. The van der Waals surface area contributed by atoms with Crippen LogP contribution in [0, 0.1) is 29.6 Å². The van der Waals surface area contributed by atoms with Crippen molar-refractivity contribution in [3.63, 3.8) is 0 Å². The number of thiazole rings is 1. The lowest BCUT2D eigenvalue weighted by molar-refractivity contribution is -0.125. The summed E-state index contributed by atoms with van der Waals surface area (Å²) < 4.78 is 1.80. The van der Waals surface area contributed by atoms with Crippen LogP contribution in [0.1, 0.15) is 67.0 Å². The Hall–Kier alpha value is -2.93. The number of amides is 3. The van der Waals surface area contributed by atoms with E-state index in [9.17, 15) is 19.6 Å². The van der Waals surface area contributed by atoms with Crippen LogP contribution in [-0.2, 0) is 9.59 Å². The van der Waals surface area contributed by atoms with Gasteiger partial charge in [-0.05, 0) is 31.6 Å². The molecule has 0 spiro atoms. The topological polar surface area (TPSA) is 142 Å². The number of nitrogens with two attached hydrogens (primary N) is 1. The van der Waals surface area contributed by atoms with E-state index in [1.54, 1.807) is 17.5 Å². The summed E-state index contributed by atoms with van der Waals surface area (Å²) in [4.78, 5) is 42.4. The maximum atomic E-state index is 13.3. The van der Waals surface area contributed by atoms with Crippen LogP contribution in [0.5, 0.6) is 0 Å². The lowest BCUT2D eigenvalue weighted by atomic mass is 9.82. The molecule has 31 heavy (non-hydrogen) atoms. The van der Waals surface area contributed by atoms with Crippen molar-refractivity contribution in [3.8, 4) is 6.07 Å². The maximum absolute atomic E-state index is 13.3. The Morgan fingerprint density at radius 1 is 1.48 bits per heavy atom. The zero-order valence-corrected chi connectivity index (χ0v) is 19.0. The van der Waals surface area contributed by atoms with E-state index in [4.69, 9.17) is 5.73 Å². The van der Waals surface area contributed by atoms with Gasteiger partial charge in [-0.15, -0.1) is 0 Å². The molecule has 2 aromatic rings. The standard InChI is InChI=1S/C21H28N6O3S/c1-11-16(17(23)28)31-20-25-10-15(27(11)20)14(8-21(2,3)4)19(30)26-13(9-22)7-12-5-6-24-18(12)29/h10,12-14H,5-8H2,1-4H3,(H2,23,28)(H,24,29)(H,26,30)/t12-,13-,14-/m0/s1. The largest absolute Gasteiger partial charge is 0.365 e. The second-order valence-corrected chi connectivity index (χ2v) is 10.2. The third-order valence-corrected chi connectivity index (χ3v) is 6.65. The molecular weight excluding hydrogens is 416 g/mol. The summed E-state index contributed by atoms with van der Waals surface area (Å²) in [5.74, 6) is -1.77. The normalized spacial score (nSPS) is 18.4. The van der Waals surface area contributed by atoms with Gasteiger partial charge in [-0.3, -0.25) is 18.8 Å². The van der Waals surface area contributed by atoms with Crippen LogP contribution in [0.4, 0.5) is 0 Å². The van der Waals surface area contributed by atoms with Crippen molar-refractivity contribution >= 4 is 34.0 Å². The minimum Gasteiger partial charge on any atom is -0.365 e. The summed E-state index contributed by atoms with van der Waals surface area (Å²) in [6.07, 6.45) is 3.09. The van der Waals surface area contributed by atoms with Gasteiger partial charge in [-0.25, -0.2) is 4.98 Å². The van der Waals surface area contributed by atoms with Gasteiger partial charge in [-0.1, -0.05) is 32.1 Å². The minimum absolute atomic E-state index is 0.0777. The fourth-order valence-corrected chi connectivity index (χ4v) is 4.97. The number of hydrogen-bond acceptors (Lipinski definition) is 6. The minimum atomic E-state index is -0.767. The summed E-state index contributed by atoms with van der Waals surface area (Å²) >= 11 is 1.19. The van der Waals surface area contributed by atoms with E-state index in [1.165, 1.54) is 11.3 Å². The number of imidazole rings is 1. The molecule has 4 N–H and O–H groups in total. The highest BCUT2D eigenvalue weighted by Gasteiger charge is 2.33. The quantitative estimate of drug-likeness (QED) is 0.597. The molecule has 9 nitrogen and oxygen atoms in total. The smallest absolute Gasteiger partial charge is 0.260 e. The molecule has 0 unspecified atom stereocenters. The van der Waals surface area contributed by atoms with Crippen LogP contribution >= 0.6 is 11.3 Å². The third-order valence-electron chi connectivity index (χ3n) is 5.48. The molecule has 3 atom stereocenters. The number of nitrogens with one attached hydrogen (secondary N) is 2. The lowest BCUT2D eigenvalue weighted by Crippen LogP contribution is -2.40. The van der Waals surface area contributed by atoms with Gasteiger partial charge in [0.1, 0.15) is 10.9 Å². The summed E-state index contributed by atoms with van der Waals surface area (Å²) in [5, 5.41) is 15.2. The Bertz CT molecular complexity index is 1060. The van der Waals surface area contributed by atoms with Crippen LogP contribution in [-0.4, -0.2) is 39.7 Å². The van der Waals surface area contributed by atoms with Crippen molar-refractivity contribution < 1.29 is 14.4 Å². The van der Waals surface area contributed by atoms with Gasteiger partial charge in [0.05, 0.1) is 23.9 Å².